The van der Waals surface area contributed by atoms with Gasteiger partial charge in [-0.05, 0) is 19.1 Å². The molecule has 3 nitrogen and oxygen atoms in total. The molecule has 3 heteroatoms. The molecule has 0 aliphatic heterocycles. The van der Waals surface area contributed by atoms with Crippen molar-refractivity contribution < 1.29 is 5.11 Å². The lowest BCUT2D eigenvalue weighted by Gasteiger charge is -2.05. The zero-order valence-corrected chi connectivity index (χ0v) is 8.01. The number of nitrogens with zero attached hydrogens (tertiary/aromatic N) is 2. The van der Waals surface area contributed by atoms with E-state index in [1.54, 1.807) is 12.5 Å². The summed E-state index contributed by atoms with van der Waals surface area (Å²) in [5, 5.41) is 9.06. The number of rotatable bonds is 2. The third-order valence-corrected chi connectivity index (χ3v) is 2.19. The van der Waals surface area contributed by atoms with Crippen LogP contribution < -0.4 is 0 Å². The number of aliphatic hydroxyl groups is 1. The smallest absolute Gasteiger partial charge is 0.0995 e. The molecule has 0 radical (unpaired) electrons. The van der Waals surface area contributed by atoms with Crippen LogP contribution in [0.25, 0.3) is 5.69 Å². The number of imidazole rings is 1. The van der Waals surface area contributed by atoms with E-state index in [0.717, 1.165) is 11.4 Å². The minimum Gasteiger partial charge on any atom is -0.390 e. The van der Waals surface area contributed by atoms with Crippen LogP contribution in [0.1, 0.15) is 11.3 Å². The summed E-state index contributed by atoms with van der Waals surface area (Å²) in [7, 11) is 0. The third kappa shape index (κ3) is 1.54. The Morgan fingerprint density at radius 1 is 1.29 bits per heavy atom. The first kappa shape index (κ1) is 8.97. The molecule has 1 aromatic heterocycles. The fraction of sp³-hybridized carbons (Fsp3) is 0.182. The first-order valence-electron chi connectivity index (χ1n) is 4.50. The average molecular weight is 188 g/mol. The molecule has 0 aliphatic rings. The van der Waals surface area contributed by atoms with Crippen molar-refractivity contribution in [3.63, 3.8) is 0 Å². The fourth-order valence-corrected chi connectivity index (χ4v) is 1.38. The van der Waals surface area contributed by atoms with Crippen molar-refractivity contribution in [2.75, 3.05) is 0 Å². The lowest BCUT2D eigenvalue weighted by molar-refractivity contribution is 0.274. The Kier molecular flexibility index (Phi) is 2.33. The second-order valence-electron chi connectivity index (χ2n) is 3.25. The monoisotopic (exact) mass is 188 g/mol. The number of aryl methyl sites for hydroxylation is 1. The lowest BCUT2D eigenvalue weighted by Crippen LogP contribution is -1.98. The molecule has 2 aromatic rings. The maximum atomic E-state index is 9.06. The van der Waals surface area contributed by atoms with Crippen LogP contribution >= 0.6 is 0 Å². The Balaban J connectivity index is 2.44. The highest BCUT2D eigenvalue weighted by atomic mass is 16.3. The van der Waals surface area contributed by atoms with Crippen LogP contribution in [0.2, 0.25) is 0 Å². The van der Waals surface area contributed by atoms with Gasteiger partial charge in [0.2, 0.25) is 0 Å². The van der Waals surface area contributed by atoms with E-state index in [0.29, 0.717) is 0 Å². The molecule has 0 bridgehead atoms. The van der Waals surface area contributed by atoms with E-state index < -0.39 is 0 Å². The zero-order chi connectivity index (χ0) is 9.97. The van der Waals surface area contributed by atoms with Crippen LogP contribution in [0, 0.1) is 6.92 Å². The van der Waals surface area contributed by atoms with Gasteiger partial charge in [-0.3, -0.25) is 0 Å². The average Bonchev–Trinajstić information content (AvgIpc) is 2.67. The van der Waals surface area contributed by atoms with Gasteiger partial charge in [-0.2, -0.15) is 0 Å². The highest BCUT2D eigenvalue weighted by Crippen LogP contribution is 2.11. The van der Waals surface area contributed by atoms with Gasteiger partial charge >= 0.3 is 0 Å². The van der Waals surface area contributed by atoms with Crippen molar-refractivity contribution in [2.45, 2.75) is 13.5 Å². The summed E-state index contributed by atoms with van der Waals surface area (Å²) >= 11 is 0. The molecule has 1 aromatic carbocycles. The quantitative estimate of drug-likeness (QED) is 0.778. The predicted molar refractivity (Wildman–Crippen MR) is 54.2 cm³/mol. The van der Waals surface area contributed by atoms with E-state index in [1.165, 1.54) is 5.56 Å². The first-order chi connectivity index (χ1) is 6.81. The Labute approximate surface area is 82.7 Å². The molecule has 72 valence electrons. The van der Waals surface area contributed by atoms with E-state index in [4.69, 9.17) is 5.11 Å². The van der Waals surface area contributed by atoms with Gasteiger partial charge in [0, 0.05) is 5.69 Å². The van der Waals surface area contributed by atoms with Crippen LogP contribution in [0.5, 0.6) is 0 Å². The molecule has 14 heavy (non-hydrogen) atoms. The summed E-state index contributed by atoms with van der Waals surface area (Å²) in [4.78, 5) is 3.99. The normalized spacial score (nSPS) is 10.4. The van der Waals surface area contributed by atoms with Crippen molar-refractivity contribution in [3.05, 3.63) is 48.0 Å². The highest BCUT2D eigenvalue weighted by Gasteiger charge is 2.01. The highest BCUT2D eigenvalue weighted by molar-refractivity contribution is 5.35. The fourth-order valence-electron chi connectivity index (χ4n) is 1.38. The molecule has 0 aliphatic carbocycles. The summed E-state index contributed by atoms with van der Waals surface area (Å²) in [6.45, 7) is 2.05. The van der Waals surface area contributed by atoms with Gasteiger partial charge in [0.05, 0.1) is 24.8 Å². The SMILES string of the molecule is Cc1ccc(-n2cncc2CO)cc1. The molecule has 0 spiro atoms. The Morgan fingerprint density at radius 3 is 2.64 bits per heavy atom. The lowest BCUT2D eigenvalue weighted by atomic mass is 10.2. The molecular weight excluding hydrogens is 176 g/mol. The van der Waals surface area contributed by atoms with Gasteiger partial charge in [-0.25, -0.2) is 4.98 Å². The minimum atomic E-state index is 0.00781. The summed E-state index contributed by atoms with van der Waals surface area (Å²) < 4.78 is 1.87. The molecule has 1 N–H and O–H groups in total. The van der Waals surface area contributed by atoms with Gasteiger partial charge in [-0.1, -0.05) is 17.7 Å². The molecule has 0 saturated carbocycles. The third-order valence-electron chi connectivity index (χ3n) is 2.19. The van der Waals surface area contributed by atoms with Crippen LogP contribution in [-0.2, 0) is 6.61 Å². The standard InChI is InChI=1S/C11H12N2O/c1-9-2-4-10(5-3-9)13-8-12-6-11(13)7-14/h2-6,8,14H,7H2,1H3. The molecule has 0 fully saturated rings. The van der Waals surface area contributed by atoms with Crippen LogP contribution in [-0.4, -0.2) is 14.7 Å². The number of hydrogen-bond acceptors (Lipinski definition) is 2. The predicted octanol–water partition coefficient (Wildman–Crippen LogP) is 1.67. The summed E-state index contributed by atoms with van der Waals surface area (Å²) in [6.07, 6.45) is 3.37. The van der Waals surface area contributed by atoms with Crippen molar-refractivity contribution in [2.24, 2.45) is 0 Å². The maximum Gasteiger partial charge on any atom is 0.0995 e. The van der Waals surface area contributed by atoms with E-state index >= 15 is 0 Å². The molecule has 0 atom stereocenters. The maximum absolute atomic E-state index is 9.06. The van der Waals surface area contributed by atoms with Crippen LogP contribution in [0.15, 0.2) is 36.8 Å². The van der Waals surface area contributed by atoms with E-state index in [1.807, 2.05) is 35.8 Å². The molecule has 0 amide bonds. The topological polar surface area (TPSA) is 38.0 Å². The van der Waals surface area contributed by atoms with E-state index in [-0.39, 0.29) is 6.61 Å². The van der Waals surface area contributed by atoms with E-state index in [9.17, 15) is 0 Å². The van der Waals surface area contributed by atoms with Gasteiger partial charge in [0.1, 0.15) is 0 Å². The van der Waals surface area contributed by atoms with Gasteiger partial charge in [0.25, 0.3) is 0 Å². The second kappa shape index (κ2) is 3.64. The van der Waals surface area contributed by atoms with Crippen molar-refractivity contribution in [1.29, 1.82) is 0 Å². The number of aliphatic hydroxyl groups excluding tert-OH is 1. The largest absolute Gasteiger partial charge is 0.390 e. The Hall–Kier alpha value is -1.61. The zero-order valence-electron chi connectivity index (χ0n) is 8.01. The van der Waals surface area contributed by atoms with Crippen LogP contribution in [0.4, 0.5) is 0 Å². The second-order valence-corrected chi connectivity index (χ2v) is 3.25. The van der Waals surface area contributed by atoms with Crippen LogP contribution in [0.3, 0.4) is 0 Å². The summed E-state index contributed by atoms with van der Waals surface area (Å²) in [6, 6.07) is 8.10. The molecular formula is C11H12N2O. The van der Waals surface area contributed by atoms with E-state index in [2.05, 4.69) is 4.98 Å². The van der Waals surface area contributed by atoms with Gasteiger partial charge < -0.3 is 9.67 Å². The molecule has 1 heterocycles. The molecule has 0 saturated heterocycles. The summed E-state index contributed by atoms with van der Waals surface area (Å²) in [5.74, 6) is 0. The number of aromatic nitrogens is 2. The van der Waals surface area contributed by atoms with Gasteiger partial charge in [-0.15, -0.1) is 0 Å². The Morgan fingerprint density at radius 2 is 2.00 bits per heavy atom. The molecule has 0 unspecified atom stereocenters. The van der Waals surface area contributed by atoms with Crippen molar-refractivity contribution in [1.82, 2.24) is 9.55 Å². The number of hydrogen-bond donors (Lipinski definition) is 1. The first-order valence-corrected chi connectivity index (χ1v) is 4.50. The van der Waals surface area contributed by atoms with Crippen molar-refractivity contribution in [3.8, 4) is 5.69 Å². The van der Waals surface area contributed by atoms with Crippen molar-refractivity contribution >= 4 is 0 Å². The summed E-state index contributed by atoms with van der Waals surface area (Å²) in [5.41, 5.74) is 3.05. The minimum absolute atomic E-state index is 0.00781. The van der Waals surface area contributed by atoms with Gasteiger partial charge in [0.15, 0.2) is 0 Å². The molecule has 2 rings (SSSR count). The number of benzene rings is 1. The Bertz CT molecular complexity index is 417.